The second-order valence-electron chi connectivity index (χ2n) is 6.28. The van der Waals surface area contributed by atoms with Crippen LogP contribution in [-0.2, 0) is 20.8 Å². The fourth-order valence-electron chi connectivity index (χ4n) is 3.76. The normalized spacial score (nSPS) is 28.8. The zero-order valence-corrected chi connectivity index (χ0v) is 12.7. The third-order valence-electron chi connectivity index (χ3n) is 4.91. The number of para-hydroxylation sites is 1. The Kier molecular flexibility index (Phi) is 3.86. The number of anilines is 1. The van der Waals surface area contributed by atoms with Crippen LogP contribution in [0.3, 0.4) is 0 Å². The van der Waals surface area contributed by atoms with E-state index in [9.17, 15) is 4.79 Å². The molecule has 0 unspecified atom stereocenters. The topological polar surface area (TPSA) is 42.0 Å². The first-order chi connectivity index (χ1) is 10.8. The van der Waals surface area contributed by atoms with E-state index < -0.39 is 6.10 Å². The molecule has 1 aromatic carbocycles. The Bertz CT molecular complexity index is 557. The third kappa shape index (κ3) is 2.53. The molecule has 1 aromatic rings. The standard InChI is InChI=1S/C17H22N2O3/c20-17(16-12-21-8-9-22-16)19-11-14-5-3-7-18(14)10-13-4-1-2-6-15(13)19/h1-2,4,6,14,16H,3,5,7-12H2/t14-,16+/m1/s1. The molecule has 1 amide bonds. The van der Waals surface area contributed by atoms with Gasteiger partial charge in [0.25, 0.3) is 5.91 Å². The van der Waals surface area contributed by atoms with E-state index in [0.717, 1.165) is 25.3 Å². The molecule has 0 bridgehead atoms. The van der Waals surface area contributed by atoms with Crippen molar-refractivity contribution in [3.05, 3.63) is 29.8 Å². The molecule has 0 aliphatic carbocycles. The van der Waals surface area contributed by atoms with E-state index in [1.807, 2.05) is 11.0 Å². The number of nitrogens with zero attached hydrogens (tertiary/aromatic N) is 2. The Hall–Kier alpha value is -1.43. The van der Waals surface area contributed by atoms with Crippen molar-refractivity contribution in [1.82, 2.24) is 4.90 Å². The van der Waals surface area contributed by atoms with E-state index in [0.29, 0.717) is 25.9 Å². The number of carbonyl (C=O) groups is 1. The fourth-order valence-corrected chi connectivity index (χ4v) is 3.76. The van der Waals surface area contributed by atoms with E-state index in [2.05, 4.69) is 23.1 Å². The highest BCUT2D eigenvalue weighted by Gasteiger charge is 2.36. The molecule has 3 heterocycles. The van der Waals surface area contributed by atoms with Crippen molar-refractivity contribution >= 4 is 11.6 Å². The van der Waals surface area contributed by atoms with Gasteiger partial charge in [-0.05, 0) is 31.0 Å². The van der Waals surface area contributed by atoms with Gasteiger partial charge in [-0.1, -0.05) is 18.2 Å². The van der Waals surface area contributed by atoms with Crippen LogP contribution in [0.15, 0.2) is 24.3 Å². The van der Waals surface area contributed by atoms with Gasteiger partial charge in [-0.25, -0.2) is 0 Å². The number of hydrogen-bond acceptors (Lipinski definition) is 4. The van der Waals surface area contributed by atoms with Gasteiger partial charge in [0.15, 0.2) is 6.10 Å². The van der Waals surface area contributed by atoms with Gasteiger partial charge in [0.05, 0.1) is 19.8 Å². The zero-order chi connectivity index (χ0) is 14.9. The summed E-state index contributed by atoms with van der Waals surface area (Å²) in [5.74, 6) is 0.0425. The van der Waals surface area contributed by atoms with E-state index in [1.54, 1.807) is 0 Å². The molecule has 118 valence electrons. The van der Waals surface area contributed by atoms with Gasteiger partial charge in [0, 0.05) is 24.8 Å². The highest BCUT2D eigenvalue weighted by Crippen LogP contribution is 2.32. The fraction of sp³-hybridized carbons (Fsp3) is 0.588. The molecule has 5 heteroatoms. The summed E-state index contributed by atoms with van der Waals surface area (Å²) in [7, 11) is 0. The molecule has 2 saturated heterocycles. The highest BCUT2D eigenvalue weighted by molar-refractivity contribution is 5.97. The molecule has 0 spiro atoms. The van der Waals surface area contributed by atoms with Crippen molar-refractivity contribution in [2.75, 3.05) is 37.8 Å². The lowest BCUT2D eigenvalue weighted by Crippen LogP contribution is -2.48. The van der Waals surface area contributed by atoms with Crippen molar-refractivity contribution < 1.29 is 14.3 Å². The Morgan fingerprint density at radius 3 is 3.00 bits per heavy atom. The molecule has 2 atom stereocenters. The van der Waals surface area contributed by atoms with Crippen LogP contribution in [0.4, 0.5) is 5.69 Å². The van der Waals surface area contributed by atoms with Crippen LogP contribution >= 0.6 is 0 Å². The molecular weight excluding hydrogens is 280 g/mol. The van der Waals surface area contributed by atoms with Crippen LogP contribution in [0.2, 0.25) is 0 Å². The first-order valence-corrected chi connectivity index (χ1v) is 8.15. The molecule has 4 rings (SSSR count). The molecule has 3 aliphatic rings. The average Bonchev–Trinajstić information content (AvgIpc) is 2.94. The Balaban J connectivity index is 1.65. The lowest BCUT2D eigenvalue weighted by molar-refractivity contribution is -0.144. The van der Waals surface area contributed by atoms with Gasteiger partial charge in [-0.15, -0.1) is 0 Å². The summed E-state index contributed by atoms with van der Waals surface area (Å²) >= 11 is 0. The maximum atomic E-state index is 13.0. The van der Waals surface area contributed by atoms with Crippen LogP contribution in [0.5, 0.6) is 0 Å². The highest BCUT2D eigenvalue weighted by atomic mass is 16.6. The first kappa shape index (κ1) is 14.2. The predicted molar refractivity (Wildman–Crippen MR) is 82.8 cm³/mol. The maximum Gasteiger partial charge on any atom is 0.258 e. The number of ether oxygens (including phenoxy) is 2. The van der Waals surface area contributed by atoms with Crippen molar-refractivity contribution in [3.63, 3.8) is 0 Å². The third-order valence-corrected chi connectivity index (χ3v) is 4.91. The summed E-state index contributed by atoms with van der Waals surface area (Å²) in [6, 6.07) is 8.71. The van der Waals surface area contributed by atoms with Gasteiger partial charge in [0.1, 0.15) is 0 Å². The molecule has 2 fully saturated rings. The van der Waals surface area contributed by atoms with Crippen molar-refractivity contribution in [2.45, 2.75) is 31.5 Å². The minimum absolute atomic E-state index is 0.0425. The minimum Gasteiger partial charge on any atom is -0.376 e. The van der Waals surface area contributed by atoms with Crippen LogP contribution in [-0.4, -0.2) is 55.9 Å². The summed E-state index contributed by atoms with van der Waals surface area (Å²) in [5.41, 5.74) is 2.27. The second kappa shape index (κ2) is 5.99. The van der Waals surface area contributed by atoms with E-state index in [-0.39, 0.29) is 5.91 Å². The minimum atomic E-state index is -0.463. The molecule has 3 aliphatic heterocycles. The molecular formula is C17H22N2O3. The van der Waals surface area contributed by atoms with Gasteiger partial charge in [0.2, 0.25) is 0 Å². The smallest absolute Gasteiger partial charge is 0.258 e. The van der Waals surface area contributed by atoms with E-state index >= 15 is 0 Å². The molecule has 22 heavy (non-hydrogen) atoms. The molecule has 0 aromatic heterocycles. The largest absolute Gasteiger partial charge is 0.376 e. The molecule has 5 nitrogen and oxygen atoms in total. The Morgan fingerprint density at radius 2 is 2.14 bits per heavy atom. The first-order valence-electron chi connectivity index (χ1n) is 8.15. The molecule has 0 N–H and O–H groups in total. The van der Waals surface area contributed by atoms with Gasteiger partial charge in [-0.3, -0.25) is 9.69 Å². The quantitative estimate of drug-likeness (QED) is 0.787. The van der Waals surface area contributed by atoms with Crippen molar-refractivity contribution in [1.29, 1.82) is 0 Å². The summed E-state index contributed by atoms with van der Waals surface area (Å²) in [4.78, 5) is 17.4. The summed E-state index contributed by atoms with van der Waals surface area (Å²) in [6.45, 7) is 4.27. The second-order valence-corrected chi connectivity index (χ2v) is 6.28. The SMILES string of the molecule is O=C([C@@H]1COCCO1)N1C[C@H]2CCCN2Cc2ccccc21. The lowest BCUT2D eigenvalue weighted by atomic mass is 10.1. The number of rotatable bonds is 1. The predicted octanol–water partition coefficient (Wildman–Crippen LogP) is 1.41. The van der Waals surface area contributed by atoms with Crippen LogP contribution < -0.4 is 4.90 Å². The number of amides is 1. The Morgan fingerprint density at radius 1 is 1.23 bits per heavy atom. The summed E-state index contributed by atoms with van der Waals surface area (Å²) in [6.07, 6.45) is 1.92. The molecule has 0 radical (unpaired) electrons. The molecule has 0 saturated carbocycles. The number of fused-ring (bicyclic) bond motifs is 2. The summed E-state index contributed by atoms with van der Waals surface area (Å²) < 4.78 is 11.0. The van der Waals surface area contributed by atoms with E-state index in [4.69, 9.17) is 9.47 Å². The van der Waals surface area contributed by atoms with E-state index in [1.165, 1.54) is 18.4 Å². The monoisotopic (exact) mass is 302 g/mol. The van der Waals surface area contributed by atoms with Gasteiger partial charge >= 0.3 is 0 Å². The number of hydrogen-bond donors (Lipinski definition) is 0. The van der Waals surface area contributed by atoms with Crippen molar-refractivity contribution in [3.8, 4) is 0 Å². The van der Waals surface area contributed by atoms with Crippen LogP contribution in [0.25, 0.3) is 0 Å². The van der Waals surface area contributed by atoms with Gasteiger partial charge in [-0.2, -0.15) is 0 Å². The maximum absolute atomic E-state index is 13.0. The van der Waals surface area contributed by atoms with Crippen LogP contribution in [0, 0.1) is 0 Å². The van der Waals surface area contributed by atoms with Gasteiger partial charge < -0.3 is 14.4 Å². The average molecular weight is 302 g/mol. The number of carbonyl (C=O) groups excluding carboxylic acids is 1. The van der Waals surface area contributed by atoms with Crippen molar-refractivity contribution in [2.24, 2.45) is 0 Å². The lowest BCUT2D eigenvalue weighted by Gasteiger charge is -2.31. The number of benzene rings is 1. The van der Waals surface area contributed by atoms with Crippen LogP contribution in [0.1, 0.15) is 18.4 Å². The zero-order valence-electron chi connectivity index (χ0n) is 12.7. The Labute approximate surface area is 130 Å². The summed E-state index contributed by atoms with van der Waals surface area (Å²) in [5, 5.41) is 0.